The van der Waals surface area contributed by atoms with Crippen molar-refractivity contribution in [2.24, 2.45) is 0 Å². The van der Waals surface area contributed by atoms with Gasteiger partial charge in [-0.15, -0.1) is 0 Å². The number of aromatic nitrogens is 3. The highest BCUT2D eigenvalue weighted by atomic mass is 16.3. The van der Waals surface area contributed by atoms with Crippen molar-refractivity contribution in [2.75, 3.05) is 0 Å². The molecule has 2 aromatic heterocycles. The standard InChI is InChI=1S/C50H33N3O/c1-3-11-33(12-4-1)36-21-24-37(25-22-36)49-51-47(52-50(53-49)43-26-23-35-15-7-8-16-38(35)30-43)32-42-19-10-20-46-48(42)44-31-41(27-28-45(44)54-46)40-18-9-17-39(29-40)34-13-5-2-6-14-34/h1-31H,32H2. The Balaban J connectivity index is 1.07. The molecule has 8 aromatic carbocycles. The summed E-state index contributed by atoms with van der Waals surface area (Å²) in [7, 11) is 0. The van der Waals surface area contributed by atoms with Gasteiger partial charge in [0.05, 0.1) is 0 Å². The second-order valence-electron chi connectivity index (χ2n) is 13.6. The van der Waals surface area contributed by atoms with Gasteiger partial charge in [-0.1, -0.05) is 158 Å². The van der Waals surface area contributed by atoms with Crippen LogP contribution in [0.25, 0.3) is 88.9 Å². The Labute approximate surface area is 313 Å². The van der Waals surface area contributed by atoms with E-state index in [2.05, 4.69) is 170 Å². The van der Waals surface area contributed by atoms with Gasteiger partial charge >= 0.3 is 0 Å². The first-order chi connectivity index (χ1) is 26.7. The summed E-state index contributed by atoms with van der Waals surface area (Å²) in [6.07, 6.45) is 0.512. The van der Waals surface area contributed by atoms with Gasteiger partial charge in [-0.3, -0.25) is 0 Å². The Morgan fingerprint density at radius 1 is 0.352 bits per heavy atom. The summed E-state index contributed by atoms with van der Waals surface area (Å²) in [5, 5.41) is 4.47. The molecule has 0 saturated heterocycles. The molecule has 10 aromatic rings. The van der Waals surface area contributed by atoms with E-state index in [1.807, 2.05) is 18.2 Å². The third kappa shape index (κ3) is 6.00. The third-order valence-corrected chi connectivity index (χ3v) is 10.2. The SMILES string of the molecule is c1ccc(-c2ccc(-c3nc(Cc4cccc5oc6ccc(-c7cccc(-c8ccccc8)c7)cc6c45)nc(-c4ccc5ccccc5c4)n3)cc2)cc1. The highest BCUT2D eigenvalue weighted by Crippen LogP contribution is 2.36. The molecule has 0 bridgehead atoms. The highest BCUT2D eigenvalue weighted by molar-refractivity contribution is 6.08. The van der Waals surface area contributed by atoms with Crippen LogP contribution in [0.3, 0.4) is 0 Å². The summed E-state index contributed by atoms with van der Waals surface area (Å²) >= 11 is 0. The number of benzene rings is 8. The number of fused-ring (bicyclic) bond motifs is 4. The maximum atomic E-state index is 6.44. The van der Waals surface area contributed by atoms with Crippen molar-refractivity contribution in [1.29, 1.82) is 0 Å². The molecule has 0 aliphatic rings. The molecule has 0 N–H and O–H groups in total. The molecule has 2 heterocycles. The van der Waals surface area contributed by atoms with Gasteiger partial charge in [0.15, 0.2) is 11.6 Å². The Bertz CT molecular complexity index is 2950. The van der Waals surface area contributed by atoms with E-state index in [0.717, 1.165) is 60.7 Å². The summed E-state index contributed by atoms with van der Waals surface area (Å²) in [6.45, 7) is 0. The highest BCUT2D eigenvalue weighted by Gasteiger charge is 2.17. The number of nitrogens with zero attached hydrogens (tertiary/aromatic N) is 3. The van der Waals surface area contributed by atoms with Crippen molar-refractivity contribution in [3.8, 4) is 56.2 Å². The fraction of sp³-hybridized carbons (Fsp3) is 0.0200. The van der Waals surface area contributed by atoms with Gasteiger partial charge in [0.1, 0.15) is 17.0 Å². The van der Waals surface area contributed by atoms with E-state index < -0.39 is 0 Å². The minimum Gasteiger partial charge on any atom is -0.456 e. The molecule has 0 aliphatic heterocycles. The maximum Gasteiger partial charge on any atom is 0.163 e. The molecule has 0 unspecified atom stereocenters. The second kappa shape index (κ2) is 13.4. The Morgan fingerprint density at radius 3 is 1.69 bits per heavy atom. The van der Waals surface area contributed by atoms with Gasteiger partial charge in [-0.05, 0) is 80.0 Å². The molecule has 0 saturated carbocycles. The molecule has 0 aliphatic carbocycles. The lowest BCUT2D eigenvalue weighted by molar-refractivity contribution is 0.668. The maximum absolute atomic E-state index is 6.44. The predicted octanol–water partition coefficient (Wildman–Crippen LogP) is 12.8. The average Bonchev–Trinajstić information content (AvgIpc) is 3.63. The molecule has 254 valence electrons. The van der Waals surface area contributed by atoms with Crippen LogP contribution in [0.5, 0.6) is 0 Å². The van der Waals surface area contributed by atoms with Crippen molar-refractivity contribution in [1.82, 2.24) is 15.0 Å². The molecule has 4 heteroatoms. The van der Waals surface area contributed by atoms with Gasteiger partial charge in [0.25, 0.3) is 0 Å². The Hall–Kier alpha value is -7.17. The molecule has 0 amide bonds. The van der Waals surface area contributed by atoms with Crippen LogP contribution < -0.4 is 0 Å². The lowest BCUT2D eigenvalue weighted by atomic mass is 9.97. The first kappa shape index (κ1) is 31.6. The molecule has 10 rings (SSSR count). The van der Waals surface area contributed by atoms with E-state index in [-0.39, 0.29) is 0 Å². The number of rotatable bonds is 7. The van der Waals surface area contributed by atoms with E-state index in [4.69, 9.17) is 19.4 Å². The van der Waals surface area contributed by atoms with Crippen molar-refractivity contribution in [3.05, 3.63) is 199 Å². The van der Waals surface area contributed by atoms with E-state index in [1.165, 1.54) is 22.1 Å². The normalized spacial score (nSPS) is 11.4. The smallest absolute Gasteiger partial charge is 0.163 e. The van der Waals surface area contributed by atoms with E-state index >= 15 is 0 Å². The molecule has 0 atom stereocenters. The lowest BCUT2D eigenvalue weighted by Gasteiger charge is -2.10. The molecular weight excluding hydrogens is 659 g/mol. The van der Waals surface area contributed by atoms with E-state index in [0.29, 0.717) is 23.9 Å². The van der Waals surface area contributed by atoms with Crippen LogP contribution in [-0.2, 0) is 6.42 Å². The number of hydrogen-bond acceptors (Lipinski definition) is 4. The van der Waals surface area contributed by atoms with Gasteiger partial charge in [0.2, 0.25) is 0 Å². The second-order valence-corrected chi connectivity index (χ2v) is 13.6. The molecule has 0 radical (unpaired) electrons. The van der Waals surface area contributed by atoms with Crippen LogP contribution in [0.2, 0.25) is 0 Å². The minimum atomic E-state index is 0.512. The van der Waals surface area contributed by atoms with Gasteiger partial charge in [0, 0.05) is 28.3 Å². The van der Waals surface area contributed by atoms with Crippen LogP contribution in [0.4, 0.5) is 0 Å². The lowest BCUT2D eigenvalue weighted by Crippen LogP contribution is -2.04. The molecule has 54 heavy (non-hydrogen) atoms. The monoisotopic (exact) mass is 691 g/mol. The third-order valence-electron chi connectivity index (χ3n) is 10.2. The quantitative estimate of drug-likeness (QED) is 0.167. The zero-order valence-electron chi connectivity index (χ0n) is 29.4. The fourth-order valence-electron chi connectivity index (χ4n) is 7.43. The topological polar surface area (TPSA) is 51.8 Å². The van der Waals surface area contributed by atoms with Crippen molar-refractivity contribution in [3.63, 3.8) is 0 Å². The predicted molar refractivity (Wildman–Crippen MR) is 221 cm³/mol. The fourth-order valence-corrected chi connectivity index (χ4v) is 7.43. The number of hydrogen-bond donors (Lipinski definition) is 0. The molecule has 0 spiro atoms. The van der Waals surface area contributed by atoms with Crippen molar-refractivity contribution >= 4 is 32.7 Å². The Morgan fingerprint density at radius 2 is 0.907 bits per heavy atom. The summed E-state index contributed by atoms with van der Waals surface area (Å²) in [5.41, 5.74) is 11.7. The first-order valence-corrected chi connectivity index (χ1v) is 18.2. The summed E-state index contributed by atoms with van der Waals surface area (Å²) in [4.78, 5) is 15.3. The summed E-state index contributed by atoms with van der Waals surface area (Å²) < 4.78 is 6.44. The summed E-state index contributed by atoms with van der Waals surface area (Å²) in [5.74, 6) is 1.99. The molecule has 0 fully saturated rings. The van der Waals surface area contributed by atoms with E-state index in [1.54, 1.807) is 0 Å². The van der Waals surface area contributed by atoms with Crippen LogP contribution in [0.1, 0.15) is 11.4 Å². The van der Waals surface area contributed by atoms with Crippen molar-refractivity contribution < 1.29 is 4.42 Å². The largest absolute Gasteiger partial charge is 0.456 e. The van der Waals surface area contributed by atoms with Gasteiger partial charge in [-0.25, -0.2) is 15.0 Å². The average molecular weight is 692 g/mol. The van der Waals surface area contributed by atoms with Crippen LogP contribution in [0.15, 0.2) is 192 Å². The first-order valence-electron chi connectivity index (χ1n) is 18.2. The van der Waals surface area contributed by atoms with Crippen molar-refractivity contribution in [2.45, 2.75) is 6.42 Å². The zero-order chi connectivity index (χ0) is 35.8. The van der Waals surface area contributed by atoms with Gasteiger partial charge < -0.3 is 4.42 Å². The van der Waals surface area contributed by atoms with E-state index in [9.17, 15) is 0 Å². The molecule has 4 nitrogen and oxygen atoms in total. The van der Waals surface area contributed by atoms with Gasteiger partial charge in [-0.2, -0.15) is 0 Å². The van der Waals surface area contributed by atoms with Crippen LogP contribution >= 0.6 is 0 Å². The van der Waals surface area contributed by atoms with Crippen LogP contribution in [-0.4, -0.2) is 15.0 Å². The number of furan rings is 1. The van der Waals surface area contributed by atoms with Crippen LogP contribution in [0, 0.1) is 0 Å². The Kier molecular flexibility index (Phi) is 7.85. The summed E-state index contributed by atoms with van der Waals surface area (Å²) in [6, 6.07) is 65.6. The zero-order valence-corrected chi connectivity index (χ0v) is 29.4. The minimum absolute atomic E-state index is 0.512. The molecular formula is C50H33N3O.